The fourth-order valence-electron chi connectivity index (χ4n) is 4.46. The van der Waals surface area contributed by atoms with E-state index in [2.05, 4.69) is 16.0 Å². The van der Waals surface area contributed by atoms with Gasteiger partial charge < -0.3 is 9.80 Å². The summed E-state index contributed by atoms with van der Waals surface area (Å²) in [5, 5.41) is 3.06. The highest BCUT2D eigenvalue weighted by atomic mass is 35.5. The van der Waals surface area contributed by atoms with Crippen LogP contribution in [0.5, 0.6) is 0 Å². The fourth-order valence-corrected chi connectivity index (χ4v) is 5.25. The lowest BCUT2D eigenvalue weighted by atomic mass is 10.0. The molecule has 3 aromatic rings. The van der Waals surface area contributed by atoms with Crippen molar-refractivity contribution in [2.75, 3.05) is 37.6 Å². The van der Waals surface area contributed by atoms with E-state index in [4.69, 9.17) is 11.6 Å². The molecule has 1 atom stereocenters. The number of thiazole rings is 1. The summed E-state index contributed by atoms with van der Waals surface area (Å²) in [4.78, 5) is 35.6. The van der Waals surface area contributed by atoms with Crippen molar-refractivity contribution in [1.82, 2.24) is 14.8 Å². The predicted octanol–water partition coefficient (Wildman–Crippen LogP) is 4.03. The first-order valence-electron chi connectivity index (χ1n) is 10.7. The van der Waals surface area contributed by atoms with Crippen molar-refractivity contribution in [3.63, 3.8) is 0 Å². The van der Waals surface area contributed by atoms with Crippen molar-refractivity contribution >= 4 is 40.4 Å². The maximum Gasteiger partial charge on any atom is 0.282 e. The van der Waals surface area contributed by atoms with Crippen molar-refractivity contribution in [2.45, 2.75) is 12.5 Å². The summed E-state index contributed by atoms with van der Waals surface area (Å²) in [5.74, 6) is 0.140. The molecule has 5 rings (SSSR count). The molecule has 164 valence electrons. The number of carbonyl (C=O) groups excluding carboxylic acids is 2. The Balaban J connectivity index is 1.24. The Morgan fingerprint density at radius 2 is 1.78 bits per heavy atom. The zero-order chi connectivity index (χ0) is 22.1. The van der Waals surface area contributed by atoms with Gasteiger partial charge in [0.15, 0.2) is 5.01 Å². The van der Waals surface area contributed by atoms with Crippen molar-refractivity contribution in [3.8, 4) is 11.1 Å². The van der Waals surface area contributed by atoms with Crippen LogP contribution in [-0.4, -0.2) is 65.4 Å². The zero-order valence-electron chi connectivity index (χ0n) is 17.5. The highest BCUT2D eigenvalue weighted by Gasteiger charge is 2.36. The second kappa shape index (κ2) is 9.02. The normalized spacial score (nSPS) is 19.5. The lowest BCUT2D eigenvalue weighted by molar-refractivity contribution is -0.117. The molecule has 0 bridgehead atoms. The van der Waals surface area contributed by atoms with Gasteiger partial charge in [-0.05, 0) is 35.4 Å². The van der Waals surface area contributed by atoms with E-state index in [-0.39, 0.29) is 17.9 Å². The molecule has 8 heteroatoms. The number of hydrogen-bond donors (Lipinski definition) is 0. The van der Waals surface area contributed by atoms with E-state index in [1.807, 2.05) is 57.6 Å². The van der Waals surface area contributed by atoms with Crippen LogP contribution >= 0.6 is 22.9 Å². The van der Waals surface area contributed by atoms with E-state index in [0.29, 0.717) is 36.1 Å². The maximum atomic E-state index is 12.9. The minimum absolute atomic E-state index is 0.00149. The Labute approximate surface area is 196 Å². The molecule has 32 heavy (non-hydrogen) atoms. The van der Waals surface area contributed by atoms with Gasteiger partial charge in [0, 0.05) is 67.5 Å². The minimum Gasteiger partial charge on any atom is -0.334 e. The van der Waals surface area contributed by atoms with Gasteiger partial charge in [-0.1, -0.05) is 35.9 Å². The van der Waals surface area contributed by atoms with Gasteiger partial charge in [0.05, 0.1) is 0 Å². The minimum atomic E-state index is 0.00149. The average Bonchev–Trinajstić information content (AvgIpc) is 3.49. The number of rotatable bonds is 4. The third-order valence-electron chi connectivity index (χ3n) is 6.15. The third kappa shape index (κ3) is 4.28. The van der Waals surface area contributed by atoms with E-state index in [1.54, 1.807) is 6.20 Å². The second-order valence-electron chi connectivity index (χ2n) is 8.09. The summed E-state index contributed by atoms with van der Waals surface area (Å²) >= 11 is 7.53. The highest BCUT2D eigenvalue weighted by Crippen LogP contribution is 2.30. The molecule has 1 aromatic heterocycles. The summed E-state index contributed by atoms with van der Waals surface area (Å²) in [6.07, 6.45) is 2.16. The van der Waals surface area contributed by atoms with E-state index < -0.39 is 0 Å². The summed E-state index contributed by atoms with van der Waals surface area (Å²) in [7, 11) is 0. The number of anilines is 1. The lowest BCUT2D eigenvalue weighted by Gasteiger charge is -2.37. The first-order valence-corrected chi connectivity index (χ1v) is 11.9. The first kappa shape index (κ1) is 21.1. The molecular formula is C24H23ClN4O2S. The molecule has 1 unspecified atom stereocenters. The molecule has 6 nitrogen and oxygen atoms in total. The molecule has 2 saturated heterocycles. The van der Waals surface area contributed by atoms with Crippen molar-refractivity contribution < 1.29 is 9.59 Å². The Kier molecular flexibility index (Phi) is 5.95. The molecule has 2 aliphatic heterocycles. The fraction of sp³-hybridized carbons (Fsp3) is 0.292. The van der Waals surface area contributed by atoms with Crippen molar-refractivity contribution in [1.29, 1.82) is 0 Å². The van der Waals surface area contributed by atoms with Crippen LogP contribution in [0.4, 0.5) is 5.69 Å². The quantitative estimate of drug-likeness (QED) is 0.582. The van der Waals surface area contributed by atoms with Crippen LogP contribution in [0.25, 0.3) is 11.1 Å². The van der Waals surface area contributed by atoms with E-state index >= 15 is 0 Å². The van der Waals surface area contributed by atoms with Crippen LogP contribution in [-0.2, 0) is 4.79 Å². The van der Waals surface area contributed by atoms with Gasteiger partial charge in [0.2, 0.25) is 5.91 Å². The molecule has 0 saturated carbocycles. The molecule has 3 heterocycles. The monoisotopic (exact) mass is 466 g/mol. The number of halogens is 1. The number of hydrogen-bond acceptors (Lipinski definition) is 5. The molecule has 0 spiro atoms. The summed E-state index contributed by atoms with van der Waals surface area (Å²) in [6.45, 7) is 3.52. The molecule has 0 N–H and O–H groups in total. The van der Waals surface area contributed by atoms with Gasteiger partial charge in [0.25, 0.3) is 5.91 Å². The summed E-state index contributed by atoms with van der Waals surface area (Å²) in [5.41, 5.74) is 2.98. The van der Waals surface area contributed by atoms with Gasteiger partial charge in [-0.2, -0.15) is 0 Å². The Morgan fingerprint density at radius 3 is 2.50 bits per heavy atom. The van der Waals surface area contributed by atoms with Crippen molar-refractivity contribution in [3.05, 3.63) is 70.1 Å². The average molecular weight is 467 g/mol. The number of piperazine rings is 1. The van der Waals surface area contributed by atoms with Gasteiger partial charge in [-0.25, -0.2) is 4.98 Å². The number of amides is 2. The standard InChI is InChI=1S/C24H23ClN4O2S/c25-19-5-1-3-17(13-19)18-4-2-6-20(14-18)29-16-21(15-22(29)30)27-8-10-28(11-9-27)24(31)23-26-7-12-32-23/h1-7,12-14,21H,8-11,15-16H2. The first-order chi connectivity index (χ1) is 15.6. The van der Waals surface area contributed by atoms with E-state index in [9.17, 15) is 9.59 Å². The van der Waals surface area contributed by atoms with Crippen molar-refractivity contribution in [2.24, 2.45) is 0 Å². The molecule has 2 aromatic carbocycles. The SMILES string of the molecule is O=C(c1nccs1)N1CCN(C2CC(=O)N(c3cccc(-c4cccc(Cl)c4)c3)C2)CC1. The van der Waals surface area contributed by atoms with Crippen LogP contribution < -0.4 is 4.90 Å². The van der Waals surface area contributed by atoms with Crippen LogP contribution in [0, 0.1) is 0 Å². The number of nitrogens with zero attached hydrogens (tertiary/aromatic N) is 4. The third-order valence-corrected chi connectivity index (χ3v) is 7.15. The topological polar surface area (TPSA) is 56.8 Å². The zero-order valence-corrected chi connectivity index (χ0v) is 19.1. The van der Waals surface area contributed by atoms with E-state index in [0.717, 1.165) is 29.9 Å². The number of aromatic nitrogens is 1. The summed E-state index contributed by atoms with van der Waals surface area (Å²) < 4.78 is 0. The maximum absolute atomic E-state index is 12.9. The van der Waals surface area contributed by atoms with Crippen LogP contribution in [0.1, 0.15) is 16.2 Å². The molecule has 2 amide bonds. The predicted molar refractivity (Wildman–Crippen MR) is 127 cm³/mol. The van der Waals surface area contributed by atoms with Gasteiger partial charge in [0.1, 0.15) is 0 Å². The number of benzene rings is 2. The van der Waals surface area contributed by atoms with Crippen LogP contribution in [0.3, 0.4) is 0 Å². The largest absolute Gasteiger partial charge is 0.334 e. The lowest BCUT2D eigenvalue weighted by Crippen LogP contribution is -2.52. The molecule has 0 radical (unpaired) electrons. The Hall–Kier alpha value is -2.74. The second-order valence-corrected chi connectivity index (χ2v) is 9.42. The van der Waals surface area contributed by atoms with Gasteiger partial charge in [-0.3, -0.25) is 14.5 Å². The van der Waals surface area contributed by atoms with Gasteiger partial charge >= 0.3 is 0 Å². The van der Waals surface area contributed by atoms with Gasteiger partial charge in [-0.15, -0.1) is 11.3 Å². The van der Waals surface area contributed by atoms with Crippen LogP contribution in [0.2, 0.25) is 5.02 Å². The van der Waals surface area contributed by atoms with E-state index in [1.165, 1.54) is 11.3 Å². The molecule has 2 aliphatic rings. The van der Waals surface area contributed by atoms with Crippen LogP contribution in [0.15, 0.2) is 60.1 Å². The Morgan fingerprint density at radius 1 is 1.03 bits per heavy atom. The molecule has 2 fully saturated rings. The Bertz CT molecular complexity index is 1130. The molecule has 0 aliphatic carbocycles. The smallest absolute Gasteiger partial charge is 0.282 e. The highest BCUT2D eigenvalue weighted by molar-refractivity contribution is 7.11. The molecular weight excluding hydrogens is 444 g/mol. The summed E-state index contributed by atoms with van der Waals surface area (Å²) in [6, 6.07) is 16.0. The number of carbonyl (C=O) groups is 2.